The van der Waals surface area contributed by atoms with Gasteiger partial charge in [-0.15, -0.1) is 24.0 Å². The Kier molecular flexibility index (Phi) is 8.80. The number of nitrogens with zero attached hydrogens (tertiary/aromatic N) is 3. The van der Waals surface area contributed by atoms with E-state index >= 15 is 0 Å². The van der Waals surface area contributed by atoms with Gasteiger partial charge >= 0.3 is 0 Å². The molecule has 0 spiro atoms. The maximum atomic E-state index is 5.20. The first-order chi connectivity index (χ1) is 13.3. The van der Waals surface area contributed by atoms with Gasteiger partial charge in [0.1, 0.15) is 5.75 Å². The molecule has 0 aliphatic heterocycles. The van der Waals surface area contributed by atoms with Crippen LogP contribution >= 0.6 is 24.0 Å². The van der Waals surface area contributed by atoms with Crippen molar-refractivity contribution in [3.63, 3.8) is 0 Å². The second kappa shape index (κ2) is 11.3. The number of imidazole rings is 1. The van der Waals surface area contributed by atoms with Gasteiger partial charge in [-0.3, -0.25) is 0 Å². The summed E-state index contributed by atoms with van der Waals surface area (Å²) in [6.45, 7) is 4.13. The molecule has 1 aromatic heterocycles. The highest BCUT2D eigenvalue weighted by Gasteiger charge is 2.05. The average molecular weight is 491 g/mol. The Hall–Kier alpha value is -2.55. The van der Waals surface area contributed by atoms with Gasteiger partial charge < -0.3 is 19.9 Å². The minimum atomic E-state index is 0. The van der Waals surface area contributed by atoms with Gasteiger partial charge in [0.15, 0.2) is 5.96 Å². The van der Waals surface area contributed by atoms with Crippen LogP contribution in [0.15, 0.2) is 72.2 Å². The van der Waals surface area contributed by atoms with Crippen LogP contribution in [0.4, 0.5) is 0 Å². The Bertz CT molecular complexity index is 863. The third-order valence-corrected chi connectivity index (χ3v) is 4.14. The van der Waals surface area contributed by atoms with E-state index in [-0.39, 0.29) is 24.0 Å². The van der Waals surface area contributed by atoms with Crippen molar-refractivity contribution in [2.75, 3.05) is 13.7 Å². The Morgan fingerprint density at radius 1 is 1.11 bits per heavy atom. The summed E-state index contributed by atoms with van der Waals surface area (Å²) in [6.07, 6.45) is 5.54. The predicted molar refractivity (Wildman–Crippen MR) is 124 cm³/mol. The zero-order chi connectivity index (χ0) is 18.9. The molecule has 3 aromatic rings. The van der Waals surface area contributed by atoms with Crippen molar-refractivity contribution in [2.24, 2.45) is 4.99 Å². The van der Waals surface area contributed by atoms with Crippen LogP contribution in [0.25, 0.3) is 5.69 Å². The molecule has 0 saturated carbocycles. The molecule has 0 radical (unpaired) electrons. The molecule has 28 heavy (non-hydrogen) atoms. The number of rotatable bonds is 7. The van der Waals surface area contributed by atoms with Crippen molar-refractivity contribution >= 4 is 29.9 Å². The number of halogens is 1. The molecule has 6 nitrogen and oxygen atoms in total. The van der Waals surface area contributed by atoms with Crippen LogP contribution in [-0.2, 0) is 13.1 Å². The molecule has 0 atom stereocenters. The van der Waals surface area contributed by atoms with Crippen molar-refractivity contribution in [1.29, 1.82) is 0 Å². The number of aliphatic imine (C=N–C) groups is 1. The largest absolute Gasteiger partial charge is 0.497 e. The molecule has 2 N–H and O–H groups in total. The molecular formula is C21H26IN5O. The highest BCUT2D eigenvalue weighted by molar-refractivity contribution is 14.0. The number of hydrogen-bond acceptors (Lipinski definition) is 3. The summed E-state index contributed by atoms with van der Waals surface area (Å²) in [5.41, 5.74) is 3.41. The maximum Gasteiger partial charge on any atom is 0.191 e. The lowest BCUT2D eigenvalue weighted by atomic mass is 10.1. The number of ether oxygens (including phenoxy) is 1. The van der Waals surface area contributed by atoms with Crippen molar-refractivity contribution in [2.45, 2.75) is 20.0 Å². The minimum absolute atomic E-state index is 0. The molecule has 7 heteroatoms. The number of aromatic nitrogens is 2. The van der Waals surface area contributed by atoms with Gasteiger partial charge in [0, 0.05) is 25.5 Å². The number of nitrogens with one attached hydrogen (secondary N) is 2. The van der Waals surface area contributed by atoms with E-state index in [1.807, 2.05) is 53.5 Å². The quantitative estimate of drug-likeness (QED) is 0.300. The molecule has 0 amide bonds. The standard InChI is InChI=1S/C21H25N5O.HI/c1-3-23-21(24-14-17-8-10-19(27-2)11-9-17)25-15-18-6-4-5-7-20(18)26-13-12-22-16-26;/h4-13,16H,3,14-15H2,1-2H3,(H2,23,24,25);1H. The van der Waals surface area contributed by atoms with E-state index in [1.165, 1.54) is 5.56 Å². The third-order valence-electron chi connectivity index (χ3n) is 4.14. The number of methoxy groups -OCH3 is 1. The Balaban J connectivity index is 0.00000280. The first-order valence-electron chi connectivity index (χ1n) is 9.01. The monoisotopic (exact) mass is 491 g/mol. The van der Waals surface area contributed by atoms with Crippen LogP contribution in [0.2, 0.25) is 0 Å². The van der Waals surface area contributed by atoms with Crippen molar-refractivity contribution < 1.29 is 4.74 Å². The zero-order valence-corrected chi connectivity index (χ0v) is 18.5. The summed E-state index contributed by atoms with van der Waals surface area (Å²) in [7, 11) is 1.67. The topological polar surface area (TPSA) is 63.5 Å². The van der Waals surface area contributed by atoms with E-state index < -0.39 is 0 Å². The molecule has 0 unspecified atom stereocenters. The van der Waals surface area contributed by atoms with E-state index in [2.05, 4.69) is 39.7 Å². The summed E-state index contributed by atoms with van der Waals surface area (Å²) in [4.78, 5) is 8.82. The highest BCUT2D eigenvalue weighted by Crippen LogP contribution is 2.14. The third kappa shape index (κ3) is 5.98. The molecule has 148 valence electrons. The zero-order valence-electron chi connectivity index (χ0n) is 16.1. The normalized spacial score (nSPS) is 10.9. The average Bonchev–Trinajstić information content (AvgIpc) is 3.25. The smallest absolute Gasteiger partial charge is 0.191 e. The lowest BCUT2D eigenvalue weighted by molar-refractivity contribution is 0.414. The lowest BCUT2D eigenvalue weighted by Gasteiger charge is -2.14. The van der Waals surface area contributed by atoms with Gasteiger partial charge in [-0.1, -0.05) is 30.3 Å². The molecule has 2 aromatic carbocycles. The summed E-state index contributed by atoms with van der Waals surface area (Å²) in [5.74, 6) is 1.64. The van der Waals surface area contributed by atoms with Crippen LogP contribution in [0.5, 0.6) is 5.75 Å². The van der Waals surface area contributed by atoms with Crippen LogP contribution in [-0.4, -0.2) is 29.2 Å². The van der Waals surface area contributed by atoms with Gasteiger partial charge in [-0.25, -0.2) is 9.98 Å². The van der Waals surface area contributed by atoms with Crippen molar-refractivity contribution in [3.8, 4) is 11.4 Å². The molecule has 0 saturated heterocycles. The van der Waals surface area contributed by atoms with Gasteiger partial charge in [-0.2, -0.15) is 0 Å². The number of benzene rings is 2. The second-order valence-electron chi connectivity index (χ2n) is 6.00. The molecule has 0 bridgehead atoms. The van der Waals surface area contributed by atoms with Gasteiger partial charge in [0.2, 0.25) is 0 Å². The maximum absolute atomic E-state index is 5.20. The first kappa shape index (κ1) is 21.7. The summed E-state index contributed by atoms with van der Waals surface area (Å²) >= 11 is 0. The molecular weight excluding hydrogens is 465 g/mol. The number of hydrogen-bond donors (Lipinski definition) is 2. The minimum Gasteiger partial charge on any atom is -0.497 e. The molecule has 1 heterocycles. The van der Waals surface area contributed by atoms with Gasteiger partial charge in [0.05, 0.1) is 25.7 Å². The van der Waals surface area contributed by atoms with Gasteiger partial charge in [-0.05, 0) is 36.2 Å². The number of para-hydroxylation sites is 1. The predicted octanol–water partition coefficient (Wildman–Crippen LogP) is 3.75. The van der Waals surface area contributed by atoms with Crippen LogP contribution in [0.1, 0.15) is 18.1 Å². The lowest BCUT2D eigenvalue weighted by Crippen LogP contribution is -2.37. The second-order valence-corrected chi connectivity index (χ2v) is 6.00. The van der Waals surface area contributed by atoms with Crippen LogP contribution < -0.4 is 15.4 Å². The van der Waals surface area contributed by atoms with Crippen LogP contribution in [0.3, 0.4) is 0 Å². The SMILES string of the molecule is CCNC(=NCc1ccc(OC)cc1)NCc1ccccc1-n1ccnc1.I. The number of guanidine groups is 1. The Labute approximate surface area is 183 Å². The highest BCUT2D eigenvalue weighted by atomic mass is 127. The van der Waals surface area contributed by atoms with E-state index in [0.717, 1.165) is 29.5 Å². The fourth-order valence-corrected chi connectivity index (χ4v) is 2.74. The molecule has 0 fully saturated rings. The van der Waals surface area contributed by atoms with E-state index in [9.17, 15) is 0 Å². The van der Waals surface area contributed by atoms with Crippen molar-refractivity contribution in [1.82, 2.24) is 20.2 Å². The van der Waals surface area contributed by atoms with Crippen molar-refractivity contribution in [3.05, 3.63) is 78.4 Å². The van der Waals surface area contributed by atoms with E-state index in [0.29, 0.717) is 13.1 Å². The Morgan fingerprint density at radius 3 is 2.57 bits per heavy atom. The van der Waals surface area contributed by atoms with Gasteiger partial charge in [0.25, 0.3) is 0 Å². The van der Waals surface area contributed by atoms with E-state index in [1.54, 1.807) is 13.3 Å². The summed E-state index contributed by atoms with van der Waals surface area (Å²) in [5, 5.41) is 6.71. The molecule has 0 aliphatic rings. The van der Waals surface area contributed by atoms with Crippen LogP contribution in [0, 0.1) is 0 Å². The Morgan fingerprint density at radius 2 is 1.89 bits per heavy atom. The molecule has 0 aliphatic carbocycles. The first-order valence-corrected chi connectivity index (χ1v) is 9.01. The molecule has 3 rings (SSSR count). The summed E-state index contributed by atoms with van der Waals surface area (Å²) in [6, 6.07) is 16.2. The fourth-order valence-electron chi connectivity index (χ4n) is 2.74. The fraction of sp³-hybridized carbons (Fsp3) is 0.238. The van der Waals surface area contributed by atoms with E-state index in [4.69, 9.17) is 4.74 Å². The summed E-state index contributed by atoms with van der Waals surface area (Å²) < 4.78 is 7.21.